The van der Waals surface area contributed by atoms with Crippen LogP contribution in [0.4, 0.5) is 4.79 Å². The highest BCUT2D eigenvalue weighted by molar-refractivity contribution is 5.83. The fourth-order valence-electron chi connectivity index (χ4n) is 3.44. The summed E-state index contributed by atoms with van der Waals surface area (Å²) in [6, 6.07) is 12.2. The van der Waals surface area contributed by atoms with Gasteiger partial charge in [0.1, 0.15) is 6.54 Å². The first-order valence-corrected chi connectivity index (χ1v) is 8.89. The predicted octanol–water partition coefficient (Wildman–Crippen LogP) is 2.82. The van der Waals surface area contributed by atoms with Crippen molar-refractivity contribution in [2.45, 2.75) is 26.4 Å². The van der Waals surface area contributed by atoms with Crippen molar-refractivity contribution in [2.24, 2.45) is 0 Å². The molecular weight excluding hydrogens is 330 g/mol. The molecule has 2 aromatic rings. The van der Waals surface area contributed by atoms with E-state index in [4.69, 9.17) is 4.74 Å². The van der Waals surface area contributed by atoms with Gasteiger partial charge in [-0.15, -0.1) is 0 Å². The summed E-state index contributed by atoms with van der Waals surface area (Å²) in [5.74, 6) is -0.0738. The Morgan fingerprint density at radius 1 is 1.19 bits per heavy atom. The molecule has 0 spiro atoms. The molecule has 0 radical (unpaired) electrons. The number of likely N-dealkylation sites (N-methyl/N-ethyl adjacent to an activating group) is 1. The van der Waals surface area contributed by atoms with Gasteiger partial charge in [-0.3, -0.25) is 9.69 Å². The average molecular weight is 355 g/mol. The summed E-state index contributed by atoms with van der Waals surface area (Å²) in [5.41, 5.74) is 3.35. The van der Waals surface area contributed by atoms with Crippen molar-refractivity contribution in [1.82, 2.24) is 14.4 Å². The van der Waals surface area contributed by atoms with Crippen molar-refractivity contribution < 1.29 is 14.3 Å². The lowest BCUT2D eigenvalue weighted by atomic mass is 9.98. The summed E-state index contributed by atoms with van der Waals surface area (Å²) in [6.45, 7) is 5.69. The van der Waals surface area contributed by atoms with Gasteiger partial charge < -0.3 is 14.2 Å². The Morgan fingerprint density at radius 3 is 2.58 bits per heavy atom. The van der Waals surface area contributed by atoms with Gasteiger partial charge in [0.25, 0.3) is 0 Å². The standard InChI is InChI=1S/C20H25N3O3/c1-4-21(20(25)26-3)14-18(24)23-13-12-22-11-5-6-17(22)19(23)16-9-7-15(2)8-10-16/h5-11,19H,4,12-14H2,1-3H3/t19-/m1/s1. The molecule has 2 amide bonds. The number of rotatable bonds is 4. The van der Waals surface area contributed by atoms with Crippen molar-refractivity contribution in [2.75, 3.05) is 26.7 Å². The second-order valence-electron chi connectivity index (χ2n) is 6.51. The Morgan fingerprint density at radius 2 is 1.92 bits per heavy atom. The van der Waals surface area contributed by atoms with Gasteiger partial charge in [0, 0.05) is 31.5 Å². The van der Waals surface area contributed by atoms with Crippen molar-refractivity contribution >= 4 is 12.0 Å². The lowest BCUT2D eigenvalue weighted by molar-refractivity contribution is -0.134. The Labute approximate surface area is 154 Å². The molecule has 0 aliphatic carbocycles. The van der Waals surface area contributed by atoms with Crippen LogP contribution in [0.15, 0.2) is 42.6 Å². The number of aromatic nitrogens is 1. The van der Waals surface area contributed by atoms with Crippen molar-refractivity contribution in [3.63, 3.8) is 0 Å². The number of methoxy groups -OCH3 is 1. The largest absolute Gasteiger partial charge is 0.453 e. The van der Waals surface area contributed by atoms with Crippen LogP contribution >= 0.6 is 0 Å². The van der Waals surface area contributed by atoms with Gasteiger partial charge >= 0.3 is 6.09 Å². The number of benzene rings is 1. The van der Waals surface area contributed by atoms with E-state index < -0.39 is 6.09 Å². The number of hydrogen-bond acceptors (Lipinski definition) is 3. The SMILES string of the molecule is CCN(CC(=O)N1CCn2cccc2[C@H]1c1ccc(C)cc1)C(=O)OC. The van der Waals surface area contributed by atoms with Crippen LogP contribution in [-0.2, 0) is 16.1 Å². The van der Waals surface area contributed by atoms with E-state index in [1.54, 1.807) is 0 Å². The summed E-state index contributed by atoms with van der Waals surface area (Å²) in [6.07, 6.45) is 1.57. The van der Waals surface area contributed by atoms with E-state index in [2.05, 4.69) is 34.9 Å². The summed E-state index contributed by atoms with van der Waals surface area (Å²) >= 11 is 0. The monoisotopic (exact) mass is 355 g/mol. The Hall–Kier alpha value is -2.76. The molecule has 0 bridgehead atoms. The van der Waals surface area contributed by atoms with Gasteiger partial charge in [-0.1, -0.05) is 29.8 Å². The fourth-order valence-corrected chi connectivity index (χ4v) is 3.44. The second kappa shape index (κ2) is 7.64. The number of fused-ring (bicyclic) bond motifs is 1. The van der Waals surface area contributed by atoms with Crippen LogP contribution in [0.5, 0.6) is 0 Å². The summed E-state index contributed by atoms with van der Waals surface area (Å²) < 4.78 is 6.96. The number of nitrogens with zero attached hydrogens (tertiary/aromatic N) is 3. The predicted molar refractivity (Wildman–Crippen MR) is 98.8 cm³/mol. The number of amides is 2. The van der Waals surface area contributed by atoms with Gasteiger partial charge in [-0.2, -0.15) is 0 Å². The first-order valence-electron chi connectivity index (χ1n) is 8.89. The smallest absolute Gasteiger partial charge is 0.409 e. The summed E-state index contributed by atoms with van der Waals surface area (Å²) in [7, 11) is 1.33. The molecule has 0 saturated heterocycles. The third kappa shape index (κ3) is 3.45. The maximum Gasteiger partial charge on any atom is 0.409 e. The normalized spacial score (nSPS) is 16.1. The molecular formula is C20H25N3O3. The Bertz CT molecular complexity index is 782. The highest BCUT2D eigenvalue weighted by Gasteiger charge is 2.33. The van der Waals surface area contributed by atoms with Crippen LogP contribution in [0.2, 0.25) is 0 Å². The first-order chi connectivity index (χ1) is 12.5. The van der Waals surface area contributed by atoms with Crippen LogP contribution in [0, 0.1) is 6.92 Å². The molecule has 26 heavy (non-hydrogen) atoms. The zero-order chi connectivity index (χ0) is 18.7. The minimum Gasteiger partial charge on any atom is -0.453 e. The fraction of sp³-hybridized carbons (Fsp3) is 0.400. The quantitative estimate of drug-likeness (QED) is 0.847. The minimum absolute atomic E-state index is 0.0201. The van der Waals surface area contributed by atoms with Gasteiger partial charge in [0.05, 0.1) is 13.2 Å². The van der Waals surface area contributed by atoms with Crippen LogP contribution < -0.4 is 0 Å². The van der Waals surface area contributed by atoms with Crippen LogP contribution in [-0.4, -0.2) is 53.1 Å². The topological polar surface area (TPSA) is 54.8 Å². The van der Waals surface area contributed by atoms with Crippen molar-refractivity contribution in [3.05, 3.63) is 59.4 Å². The minimum atomic E-state index is -0.479. The molecule has 1 aromatic carbocycles. The molecule has 6 nitrogen and oxygen atoms in total. The molecule has 1 aliphatic heterocycles. The molecule has 3 rings (SSSR count). The molecule has 1 aromatic heterocycles. The Kier molecular flexibility index (Phi) is 5.30. The zero-order valence-corrected chi connectivity index (χ0v) is 15.5. The van der Waals surface area contributed by atoms with E-state index in [1.165, 1.54) is 17.6 Å². The van der Waals surface area contributed by atoms with Gasteiger partial charge in [-0.05, 0) is 31.5 Å². The lowest BCUT2D eigenvalue weighted by Crippen LogP contribution is -2.47. The first kappa shape index (κ1) is 18.0. The number of carbonyl (C=O) groups is 2. The highest BCUT2D eigenvalue weighted by Crippen LogP contribution is 2.32. The van der Waals surface area contributed by atoms with Gasteiger partial charge in [0.2, 0.25) is 5.91 Å². The molecule has 1 aliphatic rings. The molecule has 0 fully saturated rings. The van der Waals surface area contributed by atoms with Crippen LogP contribution in [0.25, 0.3) is 0 Å². The Balaban J connectivity index is 1.90. The van der Waals surface area contributed by atoms with E-state index >= 15 is 0 Å². The van der Waals surface area contributed by atoms with Crippen molar-refractivity contribution in [1.29, 1.82) is 0 Å². The van der Waals surface area contributed by atoms with Crippen molar-refractivity contribution in [3.8, 4) is 0 Å². The summed E-state index contributed by atoms with van der Waals surface area (Å²) in [5, 5.41) is 0. The van der Waals surface area contributed by atoms with E-state index in [0.717, 1.165) is 17.8 Å². The average Bonchev–Trinajstić information content (AvgIpc) is 3.14. The maximum atomic E-state index is 13.0. The van der Waals surface area contributed by atoms with E-state index in [1.807, 2.05) is 31.0 Å². The molecule has 0 N–H and O–H groups in total. The third-order valence-electron chi connectivity index (χ3n) is 4.89. The van der Waals surface area contributed by atoms with Gasteiger partial charge in [0.15, 0.2) is 0 Å². The third-order valence-corrected chi connectivity index (χ3v) is 4.89. The van der Waals surface area contributed by atoms with Crippen LogP contribution in [0.1, 0.15) is 29.8 Å². The molecule has 1 atom stereocenters. The molecule has 138 valence electrons. The number of ether oxygens (including phenoxy) is 1. The second-order valence-corrected chi connectivity index (χ2v) is 6.51. The zero-order valence-electron chi connectivity index (χ0n) is 15.5. The molecule has 6 heteroatoms. The molecule has 0 unspecified atom stereocenters. The van der Waals surface area contributed by atoms with E-state index in [0.29, 0.717) is 13.1 Å². The van der Waals surface area contributed by atoms with E-state index in [-0.39, 0.29) is 18.5 Å². The maximum absolute atomic E-state index is 13.0. The van der Waals surface area contributed by atoms with Crippen LogP contribution in [0.3, 0.4) is 0 Å². The lowest BCUT2D eigenvalue weighted by Gasteiger charge is -2.38. The number of aryl methyl sites for hydroxylation is 1. The molecule has 2 heterocycles. The van der Waals surface area contributed by atoms with E-state index in [9.17, 15) is 9.59 Å². The summed E-state index contributed by atoms with van der Waals surface area (Å²) in [4.78, 5) is 28.2. The molecule has 0 saturated carbocycles. The highest BCUT2D eigenvalue weighted by atomic mass is 16.5. The number of hydrogen-bond donors (Lipinski definition) is 0. The van der Waals surface area contributed by atoms with Gasteiger partial charge in [-0.25, -0.2) is 4.79 Å². The number of carbonyl (C=O) groups excluding carboxylic acids is 2.